The Hall–Kier alpha value is -0.643. The van der Waals surface area contributed by atoms with Gasteiger partial charge in [-0.15, -0.1) is 0 Å². The third-order valence-electron chi connectivity index (χ3n) is 6.43. The predicted molar refractivity (Wildman–Crippen MR) is 77.5 cm³/mol. The SMILES string of the molecule is CCCCC12C(=O)NC(=O)C1C1CCC2([SiH](C)C)C1. The van der Waals surface area contributed by atoms with Crippen LogP contribution in [0.4, 0.5) is 0 Å². The van der Waals surface area contributed by atoms with Gasteiger partial charge in [-0.05, 0) is 36.6 Å². The number of carbonyl (C=O) groups excluding carboxylic acids is 2. The summed E-state index contributed by atoms with van der Waals surface area (Å²) >= 11 is 0. The van der Waals surface area contributed by atoms with Crippen LogP contribution in [-0.4, -0.2) is 20.6 Å². The van der Waals surface area contributed by atoms with E-state index in [0.29, 0.717) is 5.92 Å². The van der Waals surface area contributed by atoms with Crippen molar-refractivity contribution in [2.24, 2.45) is 17.3 Å². The summed E-state index contributed by atoms with van der Waals surface area (Å²) in [5, 5.41) is 2.91. The normalized spacial score (nSPS) is 44.0. The van der Waals surface area contributed by atoms with Gasteiger partial charge in [-0.2, -0.15) is 0 Å². The van der Waals surface area contributed by atoms with Crippen molar-refractivity contribution < 1.29 is 9.59 Å². The first-order valence-corrected chi connectivity index (χ1v) is 10.7. The number of carbonyl (C=O) groups is 2. The maximum absolute atomic E-state index is 12.7. The molecule has 19 heavy (non-hydrogen) atoms. The average molecular weight is 279 g/mol. The number of imide groups is 1. The Morgan fingerprint density at radius 2 is 2.11 bits per heavy atom. The van der Waals surface area contributed by atoms with Gasteiger partial charge in [-0.3, -0.25) is 14.9 Å². The zero-order valence-corrected chi connectivity index (χ0v) is 13.4. The molecule has 4 heteroatoms. The summed E-state index contributed by atoms with van der Waals surface area (Å²) in [6, 6.07) is 0. The van der Waals surface area contributed by atoms with Gasteiger partial charge in [0.25, 0.3) is 0 Å². The van der Waals surface area contributed by atoms with Crippen LogP contribution in [0.5, 0.6) is 0 Å². The van der Waals surface area contributed by atoms with Crippen molar-refractivity contribution in [3.63, 3.8) is 0 Å². The highest BCUT2D eigenvalue weighted by Gasteiger charge is 2.75. The second-order valence-electron chi connectivity index (χ2n) is 7.18. The van der Waals surface area contributed by atoms with Crippen LogP contribution in [0.15, 0.2) is 0 Å². The molecule has 0 aromatic carbocycles. The molecule has 0 radical (unpaired) electrons. The molecular weight excluding hydrogens is 254 g/mol. The van der Waals surface area contributed by atoms with Crippen molar-refractivity contribution in [2.75, 3.05) is 0 Å². The second-order valence-corrected chi connectivity index (χ2v) is 10.6. The number of rotatable bonds is 4. The highest BCUT2D eigenvalue weighted by molar-refractivity contribution is 6.60. The summed E-state index contributed by atoms with van der Waals surface area (Å²) in [7, 11) is -0.980. The van der Waals surface area contributed by atoms with Crippen LogP contribution >= 0.6 is 0 Å². The lowest BCUT2D eigenvalue weighted by atomic mass is 9.64. The zero-order valence-electron chi connectivity index (χ0n) is 12.3. The summed E-state index contributed by atoms with van der Waals surface area (Å²) in [5.41, 5.74) is -0.316. The fourth-order valence-electron chi connectivity index (χ4n) is 5.64. The first kappa shape index (κ1) is 13.3. The molecule has 2 amide bonds. The third kappa shape index (κ3) is 1.39. The van der Waals surface area contributed by atoms with Gasteiger partial charge in [-0.1, -0.05) is 32.9 Å². The highest BCUT2D eigenvalue weighted by atomic mass is 28.3. The number of amides is 2. The number of nitrogens with one attached hydrogen (secondary N) is 1. The minimum atomic E-state index is -0.980. The van der Waals surface area contributed by atoms with Crippen molar-refractivity contribution in [2.45, 2.75) is 63.6 Å². The average Bonchev–Trinajstić information content (AvgIpc) is 2.97. The molecule has 3 rings (SSSR count). The van der Waals surface area contributed by atoms with E-state index in [1.54, 1.807) is 0 Å². The van der Waals surface area contributed by atoms with Gasteiger partial charge in [-0.25, -0.2) is 0 Å². The Morgan fingerprint density at radius 3 is 2.74 bits per heavy atom. The maximum Gasteiger partial charge on any atom is 0.233 e. The molecule has 2 saturated carbocycles. The van der Waals surface area contributed by atoms with Crippen LogP contribution in [0.1, 0.15) is 45.4 Å². The number of hydrogen-bond acceptors (Lipinski definition) is 2. The molecule has 2 bridgehead atoms. The predicted octanol–water partition coefficient (Wildman–Crippen LogP) is 2.48. The lowest BCUT2D eigenvalue weighted by Crippen LogP contribution is -2.48. The summed E-state index contributed by atoms with van der Waals surface area (Å²) in [5.74, 6) is 0.620. The van der Waals surface area contributed by atoms with E-state index in [0.717, 1.165) is 25.7 Å². The first-order chi connectivity index (χ1) is 8.99. The molecule has 1 heterocycles. The van der Waals surface area contributed by atoms with E-state index in [1.165, 1.54) is 12.8 Å². The van der Waals surface area contributed by atoms with E-state index in [4.69, 9.17) is 0 Å². The molecule has 4 unspecified atom stereocenters. The van der Waals surface area contributed by atoms with Crippen molar-refractivity contribution in [3.8, 4) is 0 Å². The Kier molecular flexibility index (Phi) is 2.93. The van der Waals surface area contributed by atoms with Crippen molar-refractivity contribution in [1.82, 2.24) is 5.32 Å². The lowest BCUT2D eigenvalue weighted by Gasteiger charge is -2.47. The van der Waals surface area contributed by atoms with Crippen LogP contribution in [0, 0.1) is 17.3 Å². The minimum Gasteiger partial charge on any atom is -0.296 e. The van der Waals surface area contributed by atoms with Crippen LogP contribution in [-0.2, 0) is 9.59 Å². The molecule has 3 fully saturated rings. The van der Waals surface area contributed by atoms with Crippen LogP contribution in [0.2, 0.25) is 18.1 Å². The lowest BCUT2D eigenvalue weighted by molar-refractivity contribution is -0.131. The van der Waals surface area contributed by atoms with Gasteiger partial charge in [0.15, 0.2) is 0 Å². The van der Waals surface area contributed by atoms with Crippen molar-refractivity contribution >= 4 is 20.6 Å². The van der Waals surface area contributed by atoms with Gasteiger partial charge >= 0.3 is 0 Å². The van der Waals surface area contributed by atoms with E-state index in [2.05, 4.69) is 25.3 Å². The number of fused-ring (bicyclic) bond motifs is 5. The smallest absolute Gasteiger partial charge is 0.233 e. The fourth-order valence-corrected chi connectivity index (χ4v) is 8.64. The molecule has 1 saturated heterocycles. The quantitative estimate of drug-likeness (QED) is 0.635. The van der Waals surface area contributed by atoms with E-state index in [-0.39, 0.29) is 28.2 Å². The fraction of sp³-hybridized carbons (Fsp3) is 0.867. The van der Waals surface area contributed by atoms with Crippen LogP contribution < -0.4 is 5.32 Å². The topological polar surface area (TPSA) is 46.2 Å². The third-order valence-corrected chi connectivity index (χ3v) is 9.68. The van der Waals surface area contributed by atoms with Crippen LogP contribution in [0.25, 0.3) is 0 Å². The molecule has 3 nitrogen and oxygen atoms in total. The molecule has 3 aliphatic rings. The molecule has 106 valence electrons. The summed E-state index contributed by atoms with van der Waals surface area (Å²) in [4.78, 5) is 25.0. The molecule has 2 aliphatic carbocycles. The van der Waals surface area contributed by atoms with Gasteiger partial charge in [0.1, 0.15) is 0 Å². The minimum absolute atomic E-state index is 0.00944. The summed E-state index contributed by atoms with van der Waals surface area (Å²) < 4.78 is 0. The number of unbranched alkanes of at least 4 members (excludes halogenated alkanes) is 1. The molecule has 0 aromatic rings. The monoisotopic (exact) mass is 279 g/mol. The number of hydrogen-bond donors (Lipinski definition) is 1. The first-order valence-electron chi connectivity index (χ1n) is 7.85. The highest BCUT2D eigenvalue weighted by Crippen LogP contribution is 2.76. The Balaban J connectivity index is 2.10. The van der Waals surface area contributed by atoms with E-state index in [9.17, 15) is 9.59 Å². The Morgan fingerprint density at radius 1 is 1.37 bits per heavy atom. The zero-order chi connectivity index (χ0) is 13.8. The summed E-state index contributed by atoms with van der Waals surface area (Å²) in [6.45, 7) is 6.94. The van der Waals surface area contributed by atoms with E-state index >= 15 is 0 Å². The Bertz CT molecular complexity index is 436. The van der Waals surface area contributed by atoms with Gasteiger partial charge in [0, 0.05) is 8.80 Å². The molecule has 4 atom stereocenters. The van der Waals surface area contributed by atoms with Gasteiger partial charge in [0.05, 0.1) is 11.3 Å². The molecule has 1 aliphatic heterocycles. The van der Waals surface area contributed by atoms with Gasteiger partial charge in [0.2, 0.25) is 11.8 Å². The maximum atomic E-state index is 12.7. The largest absolute Gasteiger partial charge is 0.296 e. The van der Waals surface area contributed by atoms with E-state index in [1.807, 2.05) is 0 Å². The van der Waals surface area contributed by atoms with Gasteiger partial charge < -0.3 is 0 Å². The van der Waals surface area contributed by atoms with E-state index < -0.39 is 8.80 Å². The second kappa shape index (κ2) is 4.17. The molecule has 0 aromatic heterocycles. The molecule has 0 spiro atoms. The molecule has 1 N–H and O–H groups in total. The molecular formula is C15H25NO2Si. The van der Waals surface area contributed by atoms with Crippen molar-refractivity contribution in [1.29, 1.82) is 0 Å². The standard InChI is InChI=1S/C15H25NO2Si/c1-4-5-7-15-11(12(17)16-13(15)18)10-6-8-14(15,9-10)19(2)3/h10-11,19H,4-9H2,1-3H3,(H,16,17,18). The van der Waals surface area contributed by atoms with Crippen molar-refractivity contribution in [3.05, 3.63) is 0 Å². The Labute approximate surface area is 117 Å². The summed E-state index contributed by atoms with van der Waals surface area (Å²) in [6.07, 6.45) is 6.65. The van der Waals surface area contributed by atoms with Crippen LogP contribution in [0.3, 0.4) is 0 Å².